The minimum Gasteiger partial charge on any atom is -0.437 e. The lowest BCUT2D eigenvalue weighted by Crippen LogP contribution is -1.93. The standard InChI is InChI=1S/C27H24N2O/c1-17(2)15-19-8-10-20(11-9-19)21-12-14-25(28-16-21)24-6-4-5-22-23-13-7-18(3)29-27(23)30-26(22)24/h4-14,16-17H,15H2,1-3H3. The van der Waals surface area contributed by atoms with Gasteiger partial charge in [0.25, 0.3) is 0 Å². The first-order valence-corrected chi connectivity index (χ1v) is 10.4. The molecule has 0 unspecified atom stereocenters. The van der Waals surface area contributed by atoms with E-state index in [1.54, 1.807) is 0 Å². The highest BCUT2D eigenvalue weighted by Gasteiger charge is 2.14. The maximum atomic E-state index is 6.13. The molecule has 3 heterocycles. The fourth-order valence-corrected chi connectivity index (χ4v) is 4.00. The molecule has 5 aromatic rings. The van der Waals surface area contributed by atoms with E-state index in [9.17, 15) is 0 Å². The van der Waals surface area contributed by atoms with Gasteiger partial charge in [0, 0.05) is 33.8 Å². The lowest BCUT2D eigenvalue weighted by molar-refractivity contribution is 0.647. The average molecular weight is 393 g/mol. The van der Waals surface area contributed by atoms with Crippen LogP contribution in [0.25, 0.3) is 44.5 Å². The summed E-state index contributed by atoms with van der Waals surface area (Å²) in [6.45, 7) is 6.47. The highest BCUT2D eigenvalue weighted by atomic mass is 16.3. The number of rotatable bonds is 4. The zero-order valence-electron chi connectivity index (χ0n) is 17.5. The molecule has 0 aliphatic rings. The van der Waals surface area contributed by atoms with Gasteiger partial charge in [-0.25, -0.2) is 4.98 Å². The van der Waals surface area contributed by atoms with Gasteiger partial charge in [-0.15, -0.1) is 0 Å². The van der Waals surface area contributed by atoms with Crippen LogP contribution in [-0.4, -0.2) is 9.97 Å². The molecular formula is C27H24N2O. The first kappa shape index (κ1) is 18.6. The molecule has 30 heavy (non-hydrogen) atoms. The van der Waals surface area contributed by atoms with Crippen molar-refractivity contribution >= 4 is 22.1 Å². The Balaban J connectivity index is 1.51. The van der Waals surface area contributed by atoms with Gasteiger partial charge in [0.15, 0.2) is 0 Å². The quantitative estimate of drug-likeness (QED) is 0.324. The van der Waals surface area contributed by atoms with Crippen molar-refractivity contribution in [2.24, 2.45) is 5.92 Å². The molecule has 0 spiro atoms. The summed E-state index contributed by atoms with van der Waals surface area (Å²) in [7, 11) is 0. The maximum absolute atomic E-state index is 6.13. The van der Waals surface area contributed by atoms with Gasteiger partial charge in [-0.2, -0.15) is 0 Å². The molecule has 3 aromatic heterocycles. The van der Waals surface area contributed by atoms with E-state index in [-0.39, 0.29) is 0 Å². The number of benzene rings is 2. The summed E-state index contributed by atoms with van der Waals surface area (Å²) in [5, 5.41) is 2.11. The van der Waals surface area contributed by atoms with Crippen LogP contribution in [0.3, 0.4) is 0 Å². The van der Waals surface area contributed by atoms with Gasteiger partial charge >= 0.3 is 0 Å². The third kappa shape index (κ3) is 3.37. The molecule has 0 bridgehead atoms. The zero-order valence-corrected chi connectivity index (χ0v) is 17.5. The van der Waals surface area contributed by atoms with Gasteiger partial charge in [-0.1, -0.05) is 56.3 Å². The van der Waals surface area contributed by atoms with Crippen molar-refractivity contribution in [3.63, 3.8) is 0 Å². The van der Waals surface area contributed by atoms with Crippen LogP contribution in [-0.2, 0) is 6.42 Å². The van der Waals surface area contributed by atoms with Crippen molar-refractivity contribution in [1.29, 1.82) is 0 Å². The Hall–Kier alpha value is -3.46. The Bertz CT molecular complexity index is 1330. The van der Waals surface area contributed by atoms with E-state index in [0.717, 1.165) is 45.3 Å². The van der Waals surface area contributed by atoms with Gasteiger partial charge in [-0.3, -0.25) is 4.98 Å². The number of hydrogen-bond donors (Lipinski definition) is 0. The third-order valence-electron chi connectivity index (χ3n) is 5.47. The van der Waals surface area contributed by atoms with Crippen LogP contribution < -0.4 is 0 Å². The SMILES string of the molecule is Cc1ccc2c(n1)oc1c(-c3ccc(-c4ccc(CC(C)C)cc4)cn3)cccc12. The van der Waals surface area contributed by atoms with E-state index in [2.05, 4.69) is 79.5 Å². The highest BCUT2D eigenvalue weighted by molar-refractivity contribution is 6.08. The lowest BCUT2D eigenvalue weighted by atomic mass is 9.99. The maximum Gasteiger partial charge on any atom is 0.227 e. The number of pyridine rings is 2. The van der Waals surface area contributed by atoms with Crippen LogP contribution >= 0.6 is 0 Å². The minimum absolute atomic E-state index is 0.664. The second-order valence-corrected chi connectivity index (χ2v) is 8.32. The molecule has 0 amide bonds. The first-order chi connectivity index (χ1) is 14.6. The van der Waals surface area contributed by atoms with Crippen LogP contribution in [0.2, 0.25) is 0 Å². The van der Waals surface area contributed by atoms with E-state index >= 15 is 0 Å². The molecule has 0 N–H and O–H groups in total. The van der Waals surface area contributed by atoms with Gasteiger partial charge in [0.05, 0.1) is 5.69 Å². The number of aryl methyl sites for hydroxylation is 1. The van der Waals surface area contributed by atoms with E-state index in [0.29, 0.717) is 11.6 Å². The van der Waals surface area contributed by atoms with Gasteiger partial charge < -0.3 is 4.42 Å². The molecule has 3 nitrogen and oxygen atoms in total. The summed E-state index contributed by atoms with van der Waals surface area (Å²) in [4.78, 5) is 9.29. The van der Waals surface area contributed by atoms with Crippen LogP contribution in [0, 0.1) is 12.8 Å². The van der Waals surface area contributed by atoms with Crippen molar-refractivity contribution in [1.82, 2.24) is 9.97 Å². The molecule has 0 atom stereocenters. The Morgan fingerprint density at radius 1 is 0.833 bits per heavy atom. The Labute approximate surface area is 176 Å². The fourth-order valence-electron chi connectivity index (χ4n) is 4.00. The molecular weight excluding hydrogens is 368 g/mol. The molecule has 2 aromatic carbocycles. The second kappa shape index (κ2) is 7.42. The van der Waals surface area contributed by atoms with Crippen molar-refractivity contribution in [2.45, 2.75) is 27.2 Å². The number of para-hydroxylation sites is 1. The lowest BCUT2D eigenvalue weighted by Gasteiger charge is -2.07. The van der Waals surface area contributed by atoms with Crippen molar-refractivity contribution in [3.05, 3.63) is 84.2 Å². The van der Waals surface area contributed by atoms with Gasteiger partial charge in [0.2, 0.25) is 5.71 Å². The van der Waals surface area contributed by atoms with E-state index in [4.69, 9.17) is 9.40 Å². The molecule has 0 saturated carbocycles. The summed E-state index contributed by atoms with van der Waals surface area (Å²) in [5.41, 5.74) is 8.02. The van der Waals surface area contributed by atoms with Gasteiger partial charge in [-0.05, 0) is 54.7 Å². The smallest absolute Gasteiger partial charge is 0.227 e. The minimum atomic E-state index is 0.664. The number of hydrogen-bond acceptors (Lipinski definition) is 3. The van der Waals surface area contributed by atoms with Crippen molar-refractivity contribution in [2.75, 3.05) is 0 Å². The topological polar surface area (TPSA) is 38.9 Å². The summed E-state index contributed by atoms with van der Waals surface area (Å²) in [6.07, 6.45) is 3.05. The Kier molecular flexibility index (Phi) is 4.59. The summed E-state index contributed by atoms with van der Waals surface area (Å²) >= 11 is 0. The van der Waals surface area contributed by atoms with Crippen LogP contribution in [0.1, 0.15) is 25.1 Å². The average Bonchev–Trinajstić information content (AvgIpc) is 3.11. The largest absolute Gasteiger partial charge is 0.437 e. The summed E-state index contributed by atoms with van der Waals surface area (Å²) in [5.74, 6) is 0.664. The normalized spacial score (nSPS) is 11.6. The molecule has 3 heteroatoms. The van der Waals surface area contributed by atoms with Crippen LogP contribution in [0.4, 0.5) is 0 Å². The molecule has 0 radical (unpaired) electrons. The van der Waals surface area contributed by atoms with Crippen molar-refractivity contribution in [3.8, 4) is 22.4 Å². The zero-order chi connectivity index (χ0) is 20.7. The van der Waals surface area contributed by atoms with E-state index in [1.807, 2.05) is 19.2 Å². The molecule has 0 saturated heterocycles. The predicted molar refractivity (Wildman–Crippen MR) is 123 cm³/mol. The van der Waals surface area contributed by atoms with Crippen molar-refractivity contribution < 1.29 is 4.42 Å². The highest BCUT2D eigenvalue weighted by Crippen LogP contribution is 2.35. The predicted octanol–water partition coefficient (Wildman–Crippen LogP) is 7.22. The molecule has 0 fully saturated rings. The van der Waals surface area contributed by atoms with Gasteiger partial charge in [0.1, 0.15) is 5.58 Å². The summed E-state index contributed by atoms with van der Waals surface area (Å²) < 4.78 is 6.13. The number of aromatic nitrogens is 2. The van der Waals surface area contributed by atoms with E-state index in [1.165, 1.54) is 11.1 Å². The molecule has 0 aliphatic carbocycles. The first-order valence-electron chi connectivity index (χ1n) is 10.4. The Morgan fingerprint density at radius 3 is 2.37 bits per heavy atom. The number of nitrogens with zero attached hydrogens (tertiary/aromatic N) is 2. The van der Waals surface area contributed by atoms with E-state index < -0.39 is 0 Å². The second-order valence-electron chi connectivity index (χ2n) is 8.32. The summed E-state index contributed by atoms with van der Waals surface area (Å²) in [6, 6.07) is 23.3. The molecule has 0 aliphatic heterocycles. The third-order valence-corrected chi connectivity index (χ3v) is 5.47. The molecule has 148 valence electrons. The Morgan fingerprint density at radius 2 is 1.63 bits per heavy atom. The van der Waals surface area contributed by atoms with Crippen LogP contribution in [0.15, 0.2) is 77.3 Å². The van der Waals surface area contributed by atoms with Crippen LogP contribution in [0.5, 0.6) is 0 Å². The monoisotopic (exact) mass is 392 g/mol. The fraction of sp³-hybridized carbons (Fsp3) is 0.185. The number of furan rings is 1. The number of fused-ring (bicyclic) bond motifs is 3. The molecule has 5 rings (SSSR count).